The quantitative estimate of drug-likeness (QED) is 0.231. The van der Waals surface area contributed by atoms with Crippen LogP contribution in [0.15, 0.2) is 53.5 Å². The molecule has 0 unspecified atom stereocenters. The summed E-state index contributed by atoms with van der Waals surface area (Å²) in [6, 6.07) is 16.9. The van der Waals surface area contributed by atoms with E-state index >= 15 is 0 Å². The van der Waals surface area contributed by atoms with Crippen molar-refractivity contribution >= 4 is 29.9 Å². The van der Waals surface area contributed by atoms with E-state index in [-0.39, 0.29) is 29.4 Å². The van der Waals surface area contributed by atoms with Crippen molar-refractivity contribution in [1.29, 1.82) is 0 Å². The van der Waals surface area contributed by atoms with Crippen LogP contribution in [-0.2, 0) is 11.8 Å². The lowest BCUT2D eigenvalue weighted by molar-refractivity contribution is 0.354. The van der Waals surface area contributed by atoms with Crippen molar-refractivity contribution in [2.75, 3.05) is 34.4 Å². The van der Waals surface area contributed by atoms with Gasteiger partial charge in [0, 0.05) is 25.6 Å². The van der Waals surface area contributed by atoms with Crippen molar-refractivity contribution in [2.24, 2.45) is 4.99 Å². The van der Waals surface area contributed by atoms with Crippen molar-refractivity contribution in [2.45, 2.75) is 31.1 Å². The molecule has 2 aromatic carbocycles. The number of benzene rings is 2. The molecule has 1 fully saturated rings. The third-order valence-corrected chi connectivity index (χ3v) is 5.44. The zero-order chi connectivity index (χ0) is 19.8. The van der Waals surface area contributed by atoms with Gasteiger partial charge < -0.3 is 20.1 Å². The molecule has 0 bridgehead atoms. The largest absolute Gasteiger partial charge is 0.493 e. The number of hydrogen-bond acceptors (Lipinski definition) is 3. The first-order valence-electron chi connectivity index (χ1n) is 9.92. The van der Waals surface area contributed by atoms with E-state index in [0.29, 0.717) is 0 Å². The van der Waals surface area contributed by atoms with Gasteiger partial charge in [-0.05, 0) is 48.9 Å². The van der Waals surface area contributed by atoms with E-state index in [0.717, 1.165) is 43.4 Å². The Bertz CT molecular complexity index is 792. The SMILES string of the molecule is CN=C(NCCCc1ccc(OC)c(OC)c1)NCC1(c2ccccc2)CC1.I. The average Bonchev–Trinajstić information content (AvgIpc) is 3.55. The third kappa shape index (κ3) is 6.26. The number of hydrogen-bond donors (Lipinski definition) is 2. The molecule has 2 N–H and O–H groups in total. The summed E-state index contributed by atoms with van der Waals surface area (Å²) in [5.74, 6) is 2.41. The molecule has 0 saturated heterocycles. The maximum absolute atomic E-state index is 5.38. The summed E-state index contributed by atoms with van der Waals surface area (Å²) in [6.45, 7) is 1.79. The molecule has 2 aromatic rings. The number of halogens is 1. The van der Waals surface area contributed by atoms with Crippen molar-refractivity contribution in [3.63, 3.8) is 0 Å². The van der Waals surface area contributed by atoms with Gasteiger partial charge in [-0.25, -0.2) is 0 Å². The molecule has 158 valence electrons. The Morgan fingerprint density at radius 1 is 1.00 bits per heavy atom. The van der Waals surface area contributed by atoms with Crippen LogP contribution in [0, 0.1) is 0 Å². The lowest BCUT2D eigenvalue weighted by Crippen LogP contribution is -2.41. The van der Waals surface area contributed by atoms with Crippen LogP contribution < -0.4 is 20.1 Å². The minimum atomic E-state index is 0. The second-order valence-electron chi connectivity index (χ2n) is 7.29. The molecular weight excluding hydrogens is 477 g/mol. The first kappa shape index (κ1) is 23.3. The van der Waals surface area contributed by atoms with E-state index in [1.54, 1.807) is 14.2 Å². The van der Waals surface area contributed by atoms with Gasteiger partial charge in [-0.15, -0.1) is 24.0 Å². The van der Waals surface area contributed by atoms with E-state index in [1.165, 1.54) is 24.0 Å². The Morgan fingerprint density at radius 2 is 1.72 bits per heavy atom. The number of aliphatic imine (C=N–C) groups is 1. The topological polar surface area (TPSA) is 54.9 Å². The number of ether oxygens (including phenoxy) is 2. The second kappa shape index (κ2) is 11.3. The van der Waals surface area contributed by atoms with Crippen LogP contribution in [0.2, 0.25) is 0 Å². The molecule has 0 radical (unpaired) electrons. The predicted octanol–water partition coefficient (Wildman–Crippen LogP) is 4.15. The van der Waals surface area contributed by atoms with E-state index in [9.17, 15) is 0 Å². The fraction of sp³-hybridized carbons (Fsp3) is 0.435. The zero-order valence-corrected chi connectivity index (χ0v) is 19.9. The fourth-order valence-electron chi connectivity index (χ4n) is 3.52. The standard InChI is InChI=1S/C23H31N3O2.HI/c1-24-22(26-17-23(13-14-23)19-9-5-4-6-10-19)25-15-7-8-18-11-12-20(27-2)21(16-18)28-3;/h4-6,9-12,16H,7-8,13-15,17H2,1-3H3,(H2,24,25,26);1H. The summed E-state index contributed by atoms with van der Waals surface area (Å²) in [7, 11) is 5.15. The van der Waals surface area contributed by atoms with Crippen LogP contribution in [0.3, 0.4) is 0 Å². The maximum Gasteiger partial charge on any atom is 0.191 e. The first-order chi connectivity index (χ1) is 13.7. The van der Waals surface area contributed by atoms with Crippen LogP contribution in [0.25, 0.3) is 0 Å². The van der Waals surface area contributed by atoms with Crippen LogP contribution in [0.4, 0.5) is 0 Å². The maximum atomic E-state index is 5.38. The molecule has 6 heteroatoms. The van der Waals surface area contributed by atoms with Gasteiger partial charge in [-0.2, -0.15) is 0 Å². The van der Waals surface area contributed by atoms with Crippen molar-refractivity contribution in [3.8, 4) is 11.5 Å². The Hall–Kier alpha value is -1.96. The minimum absolute atomic E-state index is 0. The highest BCUT2D eigenvalue weighted by molar-refractivity contribution is 14.0. The number of methoxy groups -OCH3 is 2. The third-order valence-electron chi connectivity index (χ3n) is 5.44. The van der Waals surface area contributed by atoms with E-state index in [4.69, 9.17) is 9.47 Å². The number of nitrogens with zero attached hydrogens (tertiary/aromatic N) is 1. The van der Waals surface area contributed by atoms with Gasteiger partial charge in [0.05, 0.1) is 14.2 Å². The summed E-state index contributed by atoms with van der Waals surface area (Å²) in [5, 5.41) is 6.93. The normalized spacial score (nSPS) is 14.5. The van der Waals surface area contributed by atoms with Gasteiger partial charge in [-0.1, -0.05) is 36.4 Å². The second-order valence-corrected chi connectivity index (χ2v) is 7.29. The summed E-state index contributed by atoms with van der Waals surface area (Å²) >= 11 is 0. The highest BCUT2D eigenvalue weighted by Crippen LogP contribution is 2.47. The molecule has 0 aromatic heterocycles. The van der Waals surface area contributed by atoms with Crippen LogP contribution >= 0.6 is 24.0 Å². The number of guanidine groups is 1. The van der Waals surface area contributed by atoms with E-state index in [1.807, 2.05) is 19.2 Å². The smallest absolute Gasteiger partial charge is 0.191 e. The van der Waals surface area contributed by atoms with Crippen LogP contribution in [0.5, 0.6) is 11.5 Å². The molecule has 29 heavy (non-hydrogen) atoms. The van der Waals surface area contributed by atoms with Crippen molar-refractivity contribution in [3.05, 3.63) is 59.7 Å². The Morgan fingerprint density at radius 3 is 2.34 bits per heavy atom. The molecule has 0 heterocycles. The molecule has 1 aliphatic rings. The number of aryl methyl sites for hydroxylation is 1. The number of nitrogens with one attached hydrogen (secondary N) is 2. The molecular formula is C23H32IN3O2. The summed E-state index contributed by atoms with van der Waals surface area (Å²) < 4.78 is 10.7. The first-order valence-corrected chi connectivity index (χ1v) is 9.92. The Kier molecular flexibility index (Phi) is 9.07. The molecule has 0 atom stereocenters. The van der Waals surface area contributed by atoms with Crippen LogP contribution in [-0.4, -0.2) is 40.3 Å². The highest BCUT2D eigenvalue weighted by Gasteiger charge is 2.43. The van der Waals surface area contributed by atoms with Crippen molar-refractivity contribution < 1.29 is 9.47 Å². The molecule has 1 aliphatic carbocycles. The molecule has 0 aliphatic heterocycles. The van der Waals surface area contributed by atoms with E-state index < -0.39 is 0 Å². The molecule has 0 spiro atoms. The van der Waals surface area contributed by atoms with Gasteiger partial charge in [0.2, 0.25) is 0 Å². The highest BCUT2D eigenvalue weighted by atomic mass is 127. The average molecular weight is 509 g/mol. The van der Waals surface area contributed by atoms with Gasteiger partial charge >= 0.3 is 0 Å². The van der Waals surface area contributed by atoms with Gasteiger partial charge in [0.1, 0.15) is 0 Å². The van der Waals surface area contributed by atoms with Gasteiger partial charge in [0.15, 0.2) is 17.5 Å². The predicted molar refractivity (Wildman–Crippen MR) is 130 cm³/mol. The zero-order valence-electron chi connectivity index (χ0n) is 17.5. The van der Waals surface area contributed by atoms with Crippen LogP contribution in [0.1, 0.15) is 30.4 Å². The molecule has 5 nitrogen and oxygen atoms in total. The Balaban J connectivity index is 0.00000300. The molecule has 1 saturated carbocycles. The minimum Gasteiger partial charge on any atom is -0.493 e. The summed E-state index contributed by atoms with van der Waals surface area (Å²) in [6.07, 6.45) is 4.46. The molecule has 3 rings (SSSR count). The van der Waals surface area contributed by atoms with Gasteiger partial charge in [0.25, 0.3) is 0 Å². The monoisotopic (exact) mass is 509 g/mol. The van der Waals surface area contributed by atoms with E-state index in [2.05, 4.69) is 52.0 Å². The molecule has 0 amide bonds. The Labute approximate surface area is 191 Å². The van der Waals surface area contributed by atoms with Crippen molar-refractivity contribution in [1.82, 2.24) is 10.6 Å². The lowest BCUT2D eigenvalue weighted by atomic mass is 9.96. The lowest BCUT2D eigenvalue weighted by Gasteiger charge is -2.19. The summed E-state index contributed by atoms with van der Waals surface area (Å²) in [5.41, 5.74) is 2.94. The summed E-state index contributed by atoms with van der Waals surface area (Å²) in [4.78, 5) is 4.37. The fourth-order valence-corrected chi connectivity index (χ4v) is 3.52. The van der Waals surface area contributed by atoms with Gasteiger partial charge in [-0.3, -0.25) is 4.99 Å². The number of rotatable bonds is 9.